The molecule has 4 aromatic rings. The second-order valence-corrected chi connectivity index (χ2v) is 7.50. The minimum Gasteiger partial charge on any atom is -0.420 e. The highest BCUT2D eigenvalue weighted by atomic mass is 127. The average molecular weight is 543 g/mol. The molecule has 6 nitrogen and oxygen atoms in total. The van der Waals surface area contributed by atoms with Gasteiger partial charge in [0.25, 0.3) is 0 Å². The first-order chi connectivity index (χ1) is 14.4. The first-order valence-electron chi connectivity index (χ1n) is 8.71. The van der Waals surface area contributed by atoms with Crippen LogP contribution in [0.4, 0.5) is 20.4 Å². The molecule has 2 heterocycles. The first kappa shape index (κ1) is 20.6. The number of aromatic nitrogens is 3. The molecule has 1 N–H and O–H groups in total. The smallest absolute Gasteiger partial charge is 0.317 e. The molecule has 30 heavy (non-hydrogen) atoms. The molecule has 0 bridgehead atoms. The number of fused-ring (bicyclic) bond motifs is 1. The topological polar surface area (TPSA) is 61.1 Å². The van der Waals surface area contributed by atoms with Crippen LogP contribution in [0.3, 0.4) is 0 Å². The molecule has 0 aliphatic heterocycles. The first-order valence-corrected chi connectivity index (χ1v) is 9.97. The van der Waals surface area contributed by atoms with Crippen molar-refractivity contribution >= 4 is 57.1 Å². The molecular formula is C20H14ClF2IN4O2. The number of hydrogen-bond donors (Lipinski definition) is 1. The maximum absolute atomic E-state index is 13.7. The highest BCUT2D eigenvalue weighted by Crippen LogP contribution is 2.30. The normalized spacial score (nSPS) is 11.1. The third kappa shape index (κ3) is 3.99. The fourth-order valence-electron chi connectivity index (χ4n) is 3.14. The molecule has 0 atom stereocenters. The standard InChI is InChI=1S/C20H14ClF2IN4O2/c1-27-5-4-13-16(7-12(21)8-17(13)27)25-20-26-19(29)18(30-24)10-28(20)9-11-2-3-14(22)15(23)6-11/h2-8,10H,9H2,1H3,(H,25,26,29). The van der Waals surface area contributed by atoms with Crippen LogP contribution in [0.1, 0.15) is 5.56 Å². The molecule has 10 heteroatoms. The van der Waals surface area contributed by atoms with Crippen LogP contribution in [0.5, 0.6) is 5.75 Å². The summed E-state index contributed by atoms with van der Waals surface area (Å²) >= 11 is 7.85. The number of rotatable bonds is 5. The number of halogens is 4. The van der Waals surface area contributed by atoms with E-state index in [2.05, 4.69) is 10.3 Å². The van der Waals surface area contributed by atoms with Crippen LogP contribution in [0.15, 0.2) is 53.6 Å². The number of hydrogen-bond acceptors (Lipinski definition) is 4. The molecule has 0 aliphatic rings. The summed E-state index contributed by atoms with van der Waals surface area (Å²) in [6.07, 6.45) is 3.35. The van der Waals surface area contributed by atoms with E-state index >= 15 is 0 Å². The van der Waals surface area contributed by atoms with E-state index in [4.69, 9.17) is 14.7 Å². The van der Waals surface area contributed by atoms with E-state index < -0.39 is 17.2 Å². The van der Waals surface area contributed by atoms with Gasteiger partial charge in [-0.3, -0.25) is 4.79 Å². The summed E-state index contributed by atoms with van der Waals surface area (Å²) in [5.74, 6) is -1.67. The van der Waals surface area contributed by atoms with Crippen LogP contribution in [0.2, 0.25) is 5.02 Å². The van der Waals surface area contributed by atoms with E-state index in [0.29, 0.717) is 16.3 Å². The Labute approximate surface area is 188 Å². The Morgan fingerprint density at radius 1 is 1.20 bits per heavy atom. The molecule has 4 rings (SSSR count). The molecule has 2 aromatic carbocycles. The number of benzene rings is 2. The van der Waals surface area contributed by atoms with Crippen molar-refractivity contribution in [2.75, 3.05) is 5.32 Å². The Kier molecular flexibility index (Phi) is 5.65. The Bertz CT molecular complexity index is 1320. The van der Waals surface area contributed by atoms with Gasteiger partial charge in [-0.1, -0.05) is 17.7 Å². The van der Waals surface area contributed by atoms with Gasteiger partial charge in [0.1, 0.15) is 0 Å². The van der Waals surface area contributed by atoms with E-state index in [1.165, 1.54) is 12.3 Å². The van der Waals surface area contributed by atoms with Crippen LogP contribution >= 0.6 is 34.6 Å². The van der Waals surface area contributed by atoms with Crippen molar-refractivity contribution in [2.24, 2.45) is 7.05 Å². The van der Waals surface area contributed by atoms with Crippen LogP contribution in [0.25, 0.3) is 10.9 Å². The maximum atomic E-state index is 13.7. The lowest BCUT2D eigenvalue weighted by molar-refractivity contribution is 0.506. The van der Waals surface area contributed by atoms with Crippen LogP contribution < -0.4 is 13.9 Å². The van der Waals surface area contributed by atoms with Gasteiger partial charge in [0.2, 0.25) is 11.7 Å². The number of nitrogens with one attached hydrogen (secondary N) is 1. The van der Waals surface area contributed by atoms with Crippen molar-refractivity contribution in [1.29, 1.82) is 0 Å². The van der Waals surface area contributed by atoms with Crippen molar-refractivity contribution < 1.29 is 11.8 Å². The maximum Gasteiger partial charge on any atom is 0.317 e. The lowest BCUT2D eigenvalue weighted by Gasteiger charge is -2.16. The summed E-state index contributed by atoms with van der Waals surface area (Å²) < 4.78 is 35.5. The molecule has 0 saturated carbocycles. The molecule has 0 spiro atoms. The van der Waals surface area contributed by atoms with E-state index in [0.717, 1.165) is 23.0 Å². The molecule has 0 radical (unpaired) electrons. The summed E-state index contributed by atoms with van der Waals surface area (Å²) in [5.41, 5.74) is 1.46. The van der Waals surface area contributed by atoms with Crippen molar-refractivity contribution in [3.05, 3.63) is 81.4 Å². The van der Waals surface area contributed by atoms with Gasteiger partial charge in [0.05, 0.1) is 23.9 Å². The molecule has 0 unspecified atom stereocenters. The zero-order chi connectivity index (χ0) is 21.4. The Hall–Kier alpha value is -2.66. The lowest BCUT2D eigenvalue weighted by atomic mass is 10.2. The summed E-state index contributed by atoms with van der Waals surface area (Å²) in [5, 5.41) is 4.52. The van der Waals surface area contributed by atoms with Gasteiger partial charge in [-0.15, -0.1) is 0 Å². The largest absolute Gasteiger partial charge is 0.420 e. The molecule has 0 aliphatic carbocycles. The van der Waals surface area contributed by atoms with Gasteiger partial charge in [0, 0.05) is 23.7 Å². The number of anilines is 2. The second kappa shape index (κ2) is 8.23. The number of nitrogens with zero attached hydrogens (tertiary/aromatic N) is 3. The van der Waals surface area contributed by atoms with Crippen molar-refractivity contribution in [2.45, 2.75) is 6.54 Å². The zero-order valence-electron chi connectivity index (χ0n) is 15.5. The summed E-state index contributed by atoms with van der Waals surface area (Å²) in [6, 6.07) is 9.07. The van der Waals surface area contributed by atoms with E-state index in [9.17, 15) is 13.6 Å². The van der Waals surface area contributed by atoms with E-state index in [-0.39, 0.29) is 18.2 Å². The SMILES string of the molecule is Cn1ccc2c(Nc3nc(=O)c(OI)cn3Cc3ccc(F)c(F)c3)cc(Cl)cc21. The fraction of sp³-hybridized carbons (Fsp3) is 0.100. The predicted octanol–water partition coefficient (Wildman–Crippen LogP) is 5.19. The molecular weight excluding hydrogens is 529 g/mol. The van der Waals surface area contributed by atoms with Crippen molar-refractivity contribution in [3.63, 3.8) is 0 Å². The minimum absolute atomic E-state index is 0.0136. The van der Waals surface area contributed by atoms with Gasteiger partial charge in [-0.25, -0.2) is 8.78 Å². The highest BCUT2D eigenvalue weighted by Gasteiger charge is 2.14. The van der Waals surface area contributed by atoms with Gasteiger partial charge in [-0.05, 0) is 35.9 Å². The van der Waals surface area contributed by atoms with Gasteiger partial charge >= 0.3 is 5.56 Å². The van der Waals surface area contributed by atoms with Gasteiger partial charge < -0.3 is 17.5 Å². The molecule has 0 fully saturated rings. The monoisotopic (exact) mass is 542 g/mol. The Balaban J connectivity index is 1.80. The van der Waals surface area contributed by atoms with Gasteiger partial charge in [0.15, 0.2) is 34.6 Å². The third-order valence-electron chi connectivity index (χ3n) is 4.60. The van der Waals surface area contributed by atoms with Crippen LogP contribution in [0, 0.1) is 11.6 Å². The minimum atomic E-state index is -0.956. The van der Waals surface area contributed by atoms with E-state index in [1.54, 1.807) is 33.6 Å². The van der Waals surface area contributed by atoms with Crippen molar-refractivity contribution in [3.8, 4) is 5.75 Å². The number of aryl methyl sites for hydroxylation is 1. The van der Waals surface area contributed by atoms with Gasteiger partial charge in [-0.2, -0.15) is 4.98 Å². The average Bonchev–Trinajstić information content (AvgIpc) is 3.07. The third-order valence-corrected chi connectivity index (χ3v) is 5.29. The summed E-state index contributed by atoms with van der Waals surface area (Å²) in [4.78, 5) is 16.3. The Morgan fingerprint density at radius 2 is 2.00 bits per heavy atom. The highest BCUT2D eigenvalue weighted by molar-refractivity contribution is 14.1. The molecule has 2 aromatic heterocycles. The quantitative estimate of drug-likeness (QED) is 0.353. The zero-order valence-corrected chi connectivity index (χ0v) is 18.4. The molecule has 0 saturated heterocycles. The molecule has 0 amide bonds. The fourth-order valence-corrected chi connectivity index (χ4v) is 3.66. The van der Waals surface area contributed by atoms with Crippen LogP contribution in [-0.2, 0) is 13.6 Å². The lowest BCUT2D eigenvalue weighted by Crippen LogP contribution is -2.18. The second-order valence-electron chi connectivity index (χ2n) is 6.63. The summed E-state index contributed by atoms with van der Waals surface area (Å²) in [7, 11) is 1.90. The summed E-state index contributed by atoms with van der Waals surface area (Å²) in [6.45, 7) is 0.123. The van der Waals surface area contributed by atoms with Crippen molar-refractivity contribution in [1.82, 2.24) is 14.1 Å². The van der Waals surface area contributed by atoms with Crippen LogP contribution in [-0.4, -0.2) is 14.1 Å². The predicted molar refractivity (Wildman–Crippen MR) is 120 cm³/mol. The Morgan fingerprint density at radius 3 is 2.73 bits per heavy atom. The van der Waals surface area contributed by atoms with E-state index in [1.807, 2.05) is 29.9 Å². The molecule has 154 valence electrons.